The molecular formula is C14H12ClNO2. The van der Waals surface area contributed by atoms with Crippen LogP contribution in [-0.2, 0) is 0 Å². The van der Waals surface area contributed by atoms with E-state index >= 15 is 0 Å². The van der Waals surface area contributed by atoms with Crippen molar-refractivity contribution in [2.75, 3.05) is 0 Å². The fourth-order valence-corrected chi connectivity index (χ4v) is 1.40. The molecule has 1 heterocycles. The molecule has 0 saturated heterocycles. The van der Waals surface area contributed by atoms with Crippen molar-refractivity contribution < 1.29 is 9.90 Å². The molecule has 0 bridgehead atoms. The summed E-state index contributed by atoms with van der Waals surface area (Å²) in [5, 5.41) is 8.76. The molecule has 4 heteroatoms. The van der Waals surface area contributed by atoms with E-state index in [0.29, 0.717) is 5.56 Å². The van der Waals surface area contributed by atoms with Gasteiger partial charge in [0.1, 0.15) is 0 Å². The van der Waals surface area contributed by atoms with Gasteiger partial charge in [0.05, 0.1) is 5.56 Å². The highest BCUT2D eigenvalue weighted by Crippen LogP contribution is 2.09. The summed E-state index contributed by atoms with van der Waals surface area (Å²) in [5.41, 5.74) is 2.32. The standard InChI is InChI=1S/C14H11NO2.ClH/c16-14(17)13-5-3-11(4-6-13)1-2-12-7-9-15-10-8-12;/h1-10H,(H,16,17);1H. The van der Waals surface area contributed by atoms with Crippen molar-refractivity contribution in [3.05, 3.63) is 65.5 Å². The van der Waals surface area contributed by atoms with Gasteiger partial charge in [-0.05, 0) is 35.4 Å². The summed E-state index contributed by atoms with van der Waals surface area (Å²) in [6.45, 7) is 0. The number of carboxylic acid groups (broad SMARTS) is 1. The minimum Gasteiger partial charge on any atom is -0.478 e. The van der Waals surface area contributed by atoms with Crippen molar-refractivity contribution in [3.8, 4) is 0 Å². The highest BCUT2D eigenvalue weighted by molar-refractivity contribution is 5.88. The molecule has 0 aliphatic rings. The average molecular weight is 262 g/mol. The Kier molecular flexibility index (Phi) is 5.08. The number of aromatic carboxylic acids is 1. The molecule has 0 amide bonds. The van der Waals surface area contributed by atoms with Gasteiger partial charge < -0.3 is 5.11 Å². The second-order valence-corrected chi connectivity index (χ2v) is 3.54. The summed E-state index contributed by atoms with van der Waals surface area (Å²) in [5.74, 6) is -0.908. The molecule has 3 nitrogen and oxygen atoms in total. The van der Waals surface area contributed by atoms with Gasteiger partial charge in [-0.25, -0.2) is 4.79 Å². The molecule has 0 unspecified atom stereocenters. The third-order valence-corrected chi connectivity index (χ3v) is 2.33. The first-order valence-corrected chi connectivity index (χ1v) is 5.17. The predicted octanol–water partition coefficient (Wildman–Crippen LogP) is 3.37. The van der Waals surface area contributed by atoms with Crippen molar-refractivity contribution in [1.29, 1.82) is 0 Å². The van der Waals surface area contributed by atoms with Gasteiger partial charge in [-0.3, -0.25) is 4.98 Å². The van der Waals surface area contributed by atoms with Crippen LogP contribution in [0, 0.1) is 0 Å². The molecule has 1 N–H and O–H groups in total. The minimum atomic E-state index is -0.908. The number of nitrogens with zero attached hydrogens (tertiary/aromatic N) is 1. The highest BCUT2D eigenvalue weighted by Gasteiger charge is 1.99. The Morgan fingerprint density at radius 2 is 1.44 bits per heavy atom. The quantitative estimate of drug-likeness (QED) is 0.922. The zero-order chi connectivity index (χ0) is 12.1. The van der Waals surface area contributed by atoms with Gasteiger partial charge >= 0.3 is 5.97 Å². The molecule has 0 fully saturated rings. The van der Waals surface area contributed by atoms with Crippen LogP contribution in [-0.4, -0.2) is 16.1 Å². The minimum absolute atomic E-state index is 0. The molecule has 0 saturated carbocycles. The van der Waals surface area contributed by atoms with Crippen LogP contribution in [0.25, 0.3) is 12.2 Å². The molecular weight excluding hydrogens is 250 g/mol. The van der Waals surface area contributed by atoms with E-state index in [1.54, 1.807) is 36.7 Å². The first kappa shape index (κ1) is 13.9. The lowest BCUT2D eigenvalue weighted by Gasteiger charge is -1.96. The molecule has 0 spiro atoms. The Morgan fingerprint density at radius 1 is 0.944 bits per heavy atom. The Hall–Kier alpha value is -2.13. The molecule has 0 radical (unpaired) electrons. The van der Waals surface area contributed by atoms with Gasteiger partial charge in [0.25, 0.3) is 0 Å². The lowest BCUT2D eigenvalue weighted by Crippen LogP contribution is -1.94. The fourth-order valence-electron chi connectivity index (χ4n) is 1.40. The summed E-state index contributed by atoms with van der Waals surface area (Å²) >= 11 is 0. The normalized spacial score (nSPS) is 10.0. The van der Waals surface area contributed by atoms with Crippen LogP contribution >= 0.6 is 12.4 Å². The van der Waals surface area contributed by atoms with Crippen LogP contribution in [0.2, 0.25) is 0 Å². The number of hydrogen-bond acceptors (Lipinski definition) is 2. The van der Waals surface area contributed by atoms with Crippen LogP contribution in [0.1, 0.15) is 21.5 Å². The molecule has 92 valence electrons. The Balaban J connectivity index is 0.00000162. The van der Waals surface area contributed by atoms with Crippen LogP contribution in [0.3, 0.4) is 0 Å². The topological polar surface area (TPSA) is 50.2 Å². The molecule has 1 aromatic heterocycles. The Bertz CT molecular complexity index is 535. The lowest BCUT2D eigenvalue weighted by atomic mass is 10.1. The predicted molar refractivity (Wildman–Crippen MR) is 73.8 cm³/mol. The smallest absolute Gasteiger partial charge is 0.335 e. The molecule has 0 aliphatic heterocycles. The third-order valence-electron chi connectivity index (χ3n) is 2.33. The SMILES string of the molecule is Cl.O=C(O)c1ccc(C=Cc2ccncc2)cc1. The number of halogens is 1. The first-order valence-electron chi connectivity index (χ1n) is 5.17. The number of carbonyl (C=O) groups is 1. The van der Waals surface area contributed by atoms with Crippen molar-refractivity contribution in [2.45, 2.75) is 0 Å². The molecule has 0 aliphatic carbocycles. The van der Waals surface area contributed by atoms with E-state index in [1.165, 1.54) is 0 Å². The van der Waals surface area contributed by atoms with Gasteiger partial charge in [-0.15, -0.1) is 12.4 Å². The van der Waals surface area contributed by atoms with Crippen LogP contribution in [0.15, 0.2) is 48.8 Å². The van der Waals surface area contributed by atoms with Crippen molar-refractivity contribution in [1.82, 2.24) is 4.98 Å². The summed E-state index contributed by atoms with van der Waals surface area (Å²) in [7, 11) is 0. The number of hydrogen-bond donors (Lipinski definition) is 1. The van der Waals surface area contributed by atoms with Crippen molar-refractivity contribution >= 4 is 30.5 Å². The van der Waals surface area contributed by atoms with Crippen LogP contribution in [0.5, 0.6) is 0 Å². The monoisotopic (exact) mass is 261 g/mol. The number of carboxylic acids is 1. The van der Waals surface area contributed by atoms with Gasteiger partial charge in [0.2, 0.25) is 0 Å². The maximum absolute atomic E-state index is 10.7. The van der Waals surface area contributed by atoms with Crippen LogP contribution in [0.4, 0.5) is 0 Å². The van der Waals surface area contributed by atoms with Crippen molar-refractivity contribution in [2.24, 2.45) is 0 Å². The molecule has 0 atom stereocenters. The van der Waals surface area contributed by atoms with Crippen molar-refractivity contribution in [3.63, 3.8) is 0 Å². The second kappa shape index (κ2) is 6.57. The molecule has 2 aromatic rings. The Morgan fingerprint density at radius 3 is 1.94 bits per heavy atom. The zero-order valence-electron chi connectivity index (χ0n) is 9.48. The third kappa shape index (κ3) is 3.71. The van der Waals surface area contributed by atoms with Gasteiger partial charge in [0.15, 0.2) is 0 Å². The van der Waals surface area contributed by atoms with Gasteiger partial charge in [-0.2, -0.15) is 0 Å². The summed E-state index contributed by atoms with van der Waals surface area (Å²) in [4.78, 5) is 14.6. The maximum atomic E-state index is 10.7. The number of aromatic nitrogens is 1. The van der Waals surface area contributed by atoms with E-state index in [4.69, 9.17) is 5.11 Å². The number of rotatable bonds is 3. The van der Waals surface area contributed by atoms with E-state index in [1.807, 2.05) is 24.3 Å². The molecule has 2 rings (SSSR count). The van der Waals surface area contributed by atoms with Crippen LogP contribution < -0.4 is 0 Å². The van der Waals surface area contributed by atoms with E-state index < -0.39 is 5.97 Å². The first-order chi connectivity index (χ1) is 8.25. The fraction of sp³-hybridized carbons (Fsp3) is 0. The average Bonchev–Trinajstić information content (AvgIpc) is 2.38. The summed E-state index contributed by atoms with van der Waals surface area (Å²) in [6.07, 6.45) is 7.35. The van der Waals surface area contributed by atoms with Gasteiger partial charge in [-0.1, -0.05) is 24.3 Å². The van der Waals surface area contributed by atoms with E-state index in [0.717, 1.165) is 11.1 Å². The maximum Gasteiger partial charge on any atom is 0.335 e. The molecule has 1 aromatic carbocycles. The highest BCUT2D eigenvalue weighted by atomic mass is 35.5. The number of pyridine rings is 1. The zero-order valence-corrected chi connectivity index (χ0v) is 10.3. The van der Waals surface area contributed by atoms with E-state index in [2.05, 4.69) is 4.98 Å². The lowest BCUT2D eigenvalue weighted by molar-refractivity contribution is 0.0697. The van der Waals surface area contributed by atoms with Gasteiger partial charge in [0, 0.05) is 12.4 Å². The van der Waals surface area contributed by atoms with E-state index in [9.17, 15) is 4.79 Å². The second-order valence-electron chi connectivity index (χ2n) is 3.54. The Labute approximate surface area is 111 Å². The number of benzene rings is 1. The summed E-state index contributed by atoms with van der Waals surface area (Å²) < 4.78 is 0. The largest absolute Gasteiger partial charge is 0.478 e. The van der Waals surface area contributed by atoms with E-state index in [-0.39, 0.29) is 12.4 Å². The molecule has 18 heavy (non-hydrogen) atoms. The summed E-state index contributed by atoms with van der Waals surface area (Å²) in [6, 6.07) is 10.6.